The lowest BCUT2D eigenvalue weighted by Gasteiger charge is -2.01. The van der Waals surface area contributed by atoms with Gasteiger partial charge in [-0.2, -0.15) is 0 Å². The fourth-order valence-corrected chi connectivity index (χ4v) is 1.31. The fraction of sp³-hybridized carbons (Fsp3) is 0.200. The third-order valence-electron chi connectivity index (χ3n) is 2.14. The predicted octanol–water partition coefficient (Wildman–Crippen LogP) is 0.747. The molecular weight excluding hydrogens is 254 g/mol. The number of esters is 1. The molecule has 2 rings (SSSR count). The molecule has 2 heterocycles. The Balaban J connectivity index is 2.22. The number of carbonyl (C=O) groups is 1. The molecule has 0 aliphatic carbocycles. The quantitative estimate of drug-likeness (QED) is 0.454. The molecule has 0 fully saturated rings. The van der Waals surface area contributed by atoms with Crippen molar-refractivity contribution in [3.05, 3.63) is 40.3 Å². The zero-order valence-electron chi connectivity index (χ0n) is 9.89. The van der Waals surface area contributed by atoms with Crippen LogP contribution in [0.4, 0.5) is 5.95 Å². The monoisotopic (exact) mass is 263 g/mol. The van der Waals surface area contributed by atoms with Crippen molar-refractivity contribution in [2.24, 2.45) is 0 Å². The summed E-state index contributed by atoms with van der Waals surface area (Å²) in [6.45, 7) is 1.98. The molecule has 0 saturated carbocycles. The minimum atomic E-state index is -0.705. The number of nitrogens with zero attached hydrogens (tertiary/aromatic N) is 5. The second-order valence-electron chi connectivity index (χ2n) is 3.37. The Hall–Kier alpha value is -2.84. The van der Waals surface area contributed by atoms with Crippen molar-refractivity contribution >= 4 is 11.9 Å². The molecular formula is C10H9N5O4. The van der Waals surface area contributed by atoms with Crippen molar-refractivity contribution in [3.8, 4) is 5.82 Å². The molecule has 0 unspecified atom stereocenters. The zero-order valence-corrected chi connectivity index (χ0v) is 9.89. The molecule has 0 aromatic carbocycles. The minimum absolute atomic E-state index is 0.274. The summed E-state index contributed by atoms with van der Waals surface area (Å²) in [7, 11) is 0. The summed E-state index contributed by atoms with van der Waals surface area (Å²) in [5, 5.41) is 14.1. The highest BCUT2D eigenvalue weighted by Gasteiger charge is 2.15. The lowest BCUT2D eigenvalue weighted by Crippen LogP contribution is -2.06. The molecule has 98 valence electrons. The van der Waals surface area contributed by atoms with Gasteiger partial charge < -0.3 is 14.9 Å². The molecule has 0 radical (unpaired) electrons. The van der Waals surface area contributed by atoms with Crippen molar-refractivity contribution in [2.45, 2.75) is 6.92 Å². The van der Waals surface area contributed by atoms with Gasteiger partial charge in [0.1, 0.15) is 0 Å². The first kappa shape index (κ1) is 12.6. The third-order valence-corrected chi connectivity index (χ3v) is 2.14. The van der Waals surface area contributed by atoms with Crippen molar-refractivity contribution in [2.75, 3.05) is 6.61 Å². The highest BCUT2D eigenvalue weighted by molar-refractivity contribution is 5.89. The molecule has 2 aromatic rings. The second kappa shape index (κ2) is 5.21. The lowest BCUT2D eigenvalue weighted by molar-refractivity contribution is -0.394. The maximum Gasteiger partial charge on any atom is 0.491 e. The van der Waals surface area contributed by atoms with E-state index in [-0.39, 0.29) is 6.61 Å². The molecule has 0 N–H and O–H groups in total. The molecule has 9 nitrogen and oxygen atoms in total. The van der Waals surface area contributed by atoms with Crippen LogP contribution in [-0.2, 0) is 4.74 Å². The van der Waals surface area contributed by atoms with Crippen LogP contribution < -0.4 is 0 Å². The van der Waals surface area contributed by atoms with E-state index in [1.807, 2.05) is 0 Å². The predicted molar refractivity (Wildman–Crippen MR) is 61.8 cm³/mol. The molecule has 0 amide bonds. The van der Waals surface area contributed by atoms with Crippen molar-refractivity contribution in [3.63, 3.8) is 0 Å². The summed E-state index contributed by atoms with van der Waals surface area (Å²) in [6.07, 6.45) is 2.48. The summed E-state index contributed by atoms with van der Waals surface area (Å²) < 4.78 is 5.95. The van der Waals surface area contributed by atoms with Gasteiger partial charge in [-0.1, -0.05) is 4.98 Å². The molecule has 0 spiro atoms. The van der Waals surface area contributed by atoms with Gasteiger partial charge in [-0.3, -0.25) is 0 Å². The Morgan fingerprint density at radius 3 is 2.79 bits per heavy atom. The fourth-order valence-electron chi connectivity index (χ4n) is 1.31. The van der Waals surface area contributed by atoms with Crippen LogP contribution in [0, 0.1) is 10.1 Å². The topological polar surface area (TPSA) is 113 Å². The molecule has 19 heavy (non-hydrogen) atoms. The van der Waals surface area contributed by atoms with Gasteiger partial charge in [-0.05, 0) is 24.0 Å². The van der Waals surface area contributed by atoms with E-state index in [9.17, 15) is 14.9 Å². The summed E-state index contributed by atoms with van der Waals surface area (Å²) in [5.41, 5.74) is 0.292. The van der Waals surface area contributed by atoms with E-state index in [4.69, 9.17) is 4.74 Å². The normalized spacial score (nSPS) is 10.2. The molecule has 2 aromatic heterocycles. The first-order valence-electron chi connectivity index (χ1n) is 5.31. The van der Waals surface area contributed by atoms with Crippen LogP contribution in [0.1, 0.15) is 17.3 Å². The van der Waals surface area contributed by atoms with Gasteiger partial charge in [0.05, 0.1) is 12.2 Å². The van der Waals surface area contributed by atoms with Gasteiger partial charge in [0, 0.05) is 11.3 Å². The van der Waals surface area contributed by atoms with Gasteiger partial charge in [0.2, 0.25) is 6.33 Å². The average Bonchev–Trinajstić information content (AvgIpc) is 2.89. The largest absolute Gasteiger partial charge is 0.491 e. The Morgan fingerprint density at radius 2 is 2.26 bits per heavy atom. The second-order valence-corrected chi connectivity index (χ2v) is 3.37. The summed E-state index contributed by atoms with van der Waals surface area (Å²) in [6, 6.07) is 2.98. The van der Waals surface area contributed by atoms with E-state index in [1.54, 1.807) is 6.92 Å². The third kappa shape index (κ3) is 2.70. The number of nitro groups is 1. The molecule has 9 heteroatoms. The number of pyridine rings is 1. The number of hydrogen-bond donors (Lipinski definition) is 0. The molecule has 0 atom stereocenters. The van der Waals surface area contributed by atoms with Crippen LogP contribution in [0.3, 0.4) is 0 Å². The van der Waals surface area contributed by atoms with E-state index >= 15 is 0 Å². The van der Waals surface area contributed by atoms with Crippen LogP contribution in [-0.4, -0.2) is 37.2 Å². The van der Waals surface area contributed by atoms with Crippen LogP contribution in [0.15, 0.2) is 24.7 Å². The van der Waals surface area contributed by atoms with Crippen LogP contribution in [0.2, 0.25) is 0 Å². The molecule has 0 aliphatic heterocycles. The average molecular weight is 263 g/mol. The van der Waals surface area contributed by atoms with Gasteiger partial charge in [0.15, 0.2) is 5.82 Å². The van der Waals surface area contributed by atoms with Gasteiger partial charge in [-0.25, -0.2) is 9.78 Å². The SMILES string of the molecule is CCOC(=O)c1ccc(-n2cnc([N+](=O)[O-])n2)nc1. The highest BCUT2D eigenvalue weighted by Crippen LogP contribution is 2.08. The van der Waals surface area contributed by atoms with E-state index in [0.717, 1.165) is 4.68 Å². The first-order chi connectivity index (χ1) is 9.11. The number of aromatic nitrogens is 4. The molecule has 0 bridgehead atoms. The van der Waals surface area contributed by atoms with Crippen LogP contribution >= 0.6 is 0 Å². The maximum absolute atomic E-state index is 11.4. The Labute approximate surface area is 107 Å². The van der Waals surface area contributed by atoms with E-state index in [1.165, 1.54) is 24.7 Å². The number of hydrogen-bond acceptors (Lipinski definition) is 7. The van der Waals surface area contributed by atoms with Gasteiger partial charge in [-0.15, -0.1) is 4.68 Å². The van der Waals surface area contributed by atoms with Crippen molar-refractivity contribution in [1.29, 1.82) is 0 Å². The van der Waals surface area contributed by atoms with E-state index in [0.29, 0.717) is 11.4 Å². The lowest BCUT2D eigenvalue weighted by atomic mass is 10.3. The number of rotatable bonds is 4. The zero-order chi connectivity index (χ0) is 13.8. The number of ether oxygens (including phenoxy) is 1. The van der Waals surface area contributed by atoms with Crippen LogP contribution in [0.25, 0.3) is 5.82 Å². The van der Waals surface area contributed by atoms with Gasteiger partial charge >= 0.3 is 11.9 Å². The van der Waals surface area contributed by atoms with Crippen molar-refractivity contribution in [1.82, 2.24) is 19.7 Å². The minimum Gasteiger partial charge on any atom is -0.462 e. The maximum atomic E-state index is 11.4. The van der Waals surface area contributed by atoms with Crippen molar-refractivity contribution < 1.29 is 14.5 Å². The molecule has 0 aliphatic rings. The Morgan fingerprint density at radius 1 is 1.47 bits per heavy atom. The summed E-state index contributed by atoms with van der Waals surface area (Å²) >= 11 is 0. The molecule has 0 saturated heterocycles. The van der Waals surface area contributed by atoms with Gasteiger partial charge in [0.25, 0.3) is 0 Å². The van der Waals surface area contributed by atoms with E-state index in [2.05, 4.69) is 15.1 Å². The smallest absolute Gasteiger partial charge is 0.462 e. The Bertz CT molecular complexity index is 607. The summed E-state index contributed by atoms with van der Waals surface area (Å²) in [4.78, 5) is 28.6. The van der Waals surface area contributed by atoms with Crippen LogP contribution in [0.5, 0.6) is 0 Å². The van der Waals surface area contributed by atoms with E-state index < -0.39 is 16.8 Å². The standard InChI is InChI=1S/C10H9N5O4/c1-2-19-9(16)7-3-4-8(11-5-7)14-6-12-10(13-14)15(17)18/h3-6H,2H2,1H3. The Kier molecular flexibility index (Phi) is 3.46. The summed E-state index contributed by atoms with van der Waals surface area (Å²) in [5.74, 6) is -0.684. The number of carbonyl (C=O) groups excluding carboxylic acids is 1. The first-order valence-corrected chi connectivity index (χ1v) is 5.31. The highest BCUT2D eigenvalue weighted by atomic mass is 16.6.